The van der Waals surface area contributed by atoms with Crippen molar-refractivity contribution in [3.05, 3.63) is 96.7 Å². The number of nitrogens with one attached hydrogen (secondary N) is 2. The van der Waals surface area contributed by atoms with Crippen molar-refractivity contribution in [2.24, 2.45) is 0 Å². The molecule has 156 valence electrons. The quantitative estimate of drug-likeness (QED) is 0.416. The van der Waals surface area contributed by atoms with Gasteiger partial charge in [-0.15, -0.1) is 0 Å². The molecular formula is C25H18FN5O. The molecule has 5 rings (SSSR count). The van der Waals surface area contributed by atoms with Crippen molar-refractivity contribution in [1.29, 1.82) is 0 Å². The van der Waals surface area contributed by atoms with Crippen molar-refractivity contribution in [1.82, 2.24) is 19.9 Å². The molecule has 32 heavy (non-hydrogen) atoms. The molecule has 0 saturated carbocycles. The molecule has 0 saturated heterocycles. The van der Waals surface area contributed by atoms with Gasteiger partial charge in [0, 0.05) is 29.7 Å². The van der Waals surface area contributed by atoms with Crippen molar-refractivity contribution in [2.45, 2.75) is 6.42 Å². The van der Waals surface area contributed by atoms with Gasteiger partial charge in [-0.1, -0.05) is 42.5 Å². The van der Waals surface area contributed by atoms with E-state index in [1.165, 1.54) is 12.1 Å². The number of H-pyrrole nitrogens is 1. The lowest BCUT2D eigenvalue weighted by Gasteiger charge is -2.08. The topological polar surface area (TPSA) is 83.6 Å². The third kappa shape index (κ3) is 3.96. The highest BCUT2D eigenvalue weighted by Gasteiger charge is 2.17. The fraction of sp³-hybridized carbons (Fsp3) is 0.0400. The smallest absolute Gasteiger partial charge is 0.229 e. The summed E-state index contributed by atoms with van der Waals surface area (Å²) in [4.78, 5) is 29.0. The maximum atomic E-state index is 13.1. The van der Waals surface area contributed by atoms with Crippen LogP contribution >= 0.6 is 0 Å². The normalized spacial score (nSPS) is 10.9. The first-order valence-electron chi connectivity index (χ1n) is 10.1. The summed E-state index contributed by atoms with van der Waals surface area (Å²) in [6, 6.07) is 19.5. The molecule has 2 N–H and O–H groups in total. The zero-order chi connectivity index (χ0) is 21.9. The molecule has 7 heteroatoms. The van der Waals surface area contributed by atoms with Crippen molar-refractivity contribution < 1.29 is 9.18 Å². The van der Waals surface area contributed by atoms with Crippen LogP contribution in [0.2, 0.25) is 0 Å². The Morgan fingerprint density at radius 1 is 0.875 bits per heavy atom. The molecule has 2 aromatic carbocycles. The minimum absolute atomic E-state index is 0.127. The van der Waals surface area contributed by atoms with E-state index >= 15 is 0 Å². The first kappa shape index (κ1) is 19.6. The van der Waals surface area contributed by atoms with E-state index in [1.807, 2.05) is 36.4 Å². The summed E-state index contributed by atoms with van der Waals surface area (Å²) in [6.45, 7) is 0. The Labute approximate surface area is 183 Å². The summed E-state index contributed by atoms with van der Waals surface area (Å²) >= 11 is 0. The van der Waals surface area contributed by atoms with Gasteiger partial charge in [-0.05, 0) is 35.4 Å². The summed E-state index contributed by atoms with van der Waals surface area (Å²) in [5, 5.41) is 2.82. The van der Waals surface area contributed by atoms with Crippen molar-refractivity contribution in [3.63, 3.8) is 0 Å². The molecule has 1 amide bonds. The molecular weight excluding hydrogens is 405 g/mol. The van der Waals surface area contributed by atoms with Crippen molar-refractivity contribution in [3.8, 4) is 22.4 Å². The predicted octanol–water partition coefficient (Wildman–Crippen LogP) is 5.01. The third-order valence-corrected chi connectivity index (χ3v) is 5.08. The van der Waals surface area contributed by atoms with E-state index in [-0.39, 0.29) is 18.1 Å². The second-order valence-electron chi connectivity index (χ2n) is 7.28. The molecule has 6 nitrogen and oxygen atoms in total. The summed E-state index contributed by atoms with van der Waals surface area (Å²) < 4.78 is 13.1. The van der Waals surface area contributed by atoms with Crippen molar-refractivity contribution >= 4 is 22.9 Å². The summed E-state index contributed by atoms with van der Waals surface area (Å²) in [5.41, 5.74) is 5.80. The van der Waals surface area contributed by atoms with Crippen molar-refractivity contribution in [2.75, 3.05) is 5.32 Å². The van der Waals surface area contributed by atoms with Crippen LogP contribution in [0.1, 0.15) is 5.56 Å². The lowest BCUT2D eigenvalue weighted by molar-refractivity contribution is -0.115. The summed E-state index contributed by atoms with van der Waals surface area (Å²) in [5.74, 6) is -0.141. The van der Waals surface area contributed by atoms with Gasteiger partial charge in [0.15, 0.2) is 5.65 Å². The largest absolute Gasteiger partial charge is 0.337 e. The lowest BCUT2D eigenvalue weighted by atomic mass is 10.0. The minimum atomic E-state index is -0.333. The minimum Gasteiger partial charge on any atom is -0.337 e. The van der Waals surface area contributed by atoms with E-state index in [9.17, 15) is 9.18 Å². The van der Waals surface area contributed by atoms with Gasteiger partial charge in [-0.25, -0.2) is 14.4 Å². The number of anilines is 1. The summed E-state index contributed by atoms with van der Waals surface area (Å²) in [6.07, 6.45) is 5.08. The number of aromatic amines is 1. The Morgan fingerprint density at radius 2 is 1.66 bits per heavy atom. The van der Waals surface area contributed by atoms with Crippen LogP contribution in [-0.2, 0) is 11.2 Å². The van der Waals surface area contributed by atoms with Crippen LogP contribution < -0.4 is 5.32 Å². The first-order chi connectivity index (χ1) is 15.7. The highest BCUT2D eigenvalue weighted by Crippen LogP contribution is 2.36. The maximum absolute atomic E-state index is 13.1. The number of fused-ring (bicyclic) bond motifs is 1. The molecule has 0 bridgehead atoms. The number of carbonyl (C=O) groups is 1. The highest BCUT2D eigenvalue weighted by atomic mass is 19.1. The average molecular weight is 423 g/mol. The van der Waals surface area contributed by atoms with E-state index in [0.717, 1.165) is 33.5 Å². The van der Waals surface area contributed by atoms with Gasteiger partial charge >= 0.3 is 0 Å². The van der Waals surface area contributed by atoms with Gasteiger partial charge in [-0.2, -0.15) is 0 Å². The molecule has 5 aromatic rings. The molecule has 0 aliphatic heterocycles. The molecule has 0 atom stereocenters. The van der Waals surface area contributed by atoms with Gasteiger partial charge in [-0.3, -0.25) is 9.78 Å². The number of hydrogen-bond donors (Lipinski definition) is 2. The number of carbonyl (C=O) groups excluding carboxylic acids is 1. The van der Waals surface area contributed by atoms with Crippen LogP contribution in [0.3, 0.4) is 0 Å². The van der Waals surface area contributed by atoms with E-state index in [0.29, 0.717) is 11.5 Å². The Hall–Kier alpha value is -4.39. The van der Waals surface area contributed by atoms with Gasteiger partial charge in [0.05, 0.1) is 12.1 Å². The molecule has 0 spiro atoms. The maximum Gasteiger partial charge on any atom is 0.229 e. The van der Waals surface area contributed by atoms with Crippen LogP contribution in [0.4, 0.5) is 10.2 Å². The number of nitrogens with zero attached hydrogens (tertiary/aromatic N) is 3. The van der Waals surface area contributed by atoms with E-state index in [2.05, 4.69) is 25.3 Å². The predicted molar refractivity (Wildman–Crippen MR) is 121 cm³/mol. The number of rotatable bonds is 5. The van der Waals surface area contributed by atoms with Gasteiger partial charge in [0.1, 0.15) is 17.2 Å². The highest BCUT2D eigenvalue weighted by molar-refractivity contribution is 6.00. The number of amides is 1. The standard InChI is InChI=1S/C25H18FN5O/c26-19-8-6-16(7-9-19)14-21(32)30-20-15-18(10-11-27-20)23-22(17-4-2-1-3-5-17)24-25(31-23)29-13-12-28-24/h1-13,15H,14H2,(H,29,31)(H,27,30,32). The molecule has 0 unspecified atom stereocenters. The Morgan fingerprint density at radius 3 is 2.47 bits per heavy atom. The fourth-order valence-electron chi connectivity index (χ4n) is 3.64. The van der Waals surface area contributed by atoms with Gasteiger partial charge < -0.3 is 10.3 Å². The van der Waals surface area contributed by atoms with Crippen LogP contribution in [0.25, 0.3) is 33.5 Å². The third-order valence-electron chi connectivity index (χ3n) is 5.08. The molecule has 0 aliphatic rings. The van der Waals surface area contributed by atoms with Gasteiger partial charge in [0.2, 0.25) is 5.91 Å². The SMILES string of the molecule is O=C(Cc1ccc(F)cc1)Nc1cc(-c2[nH]c3nccnc3c2-c2ccccc2)ccn1. The zero-order valence-electron chi connectivity index (χ0n) is 16.9. The van der Waals surface area contributed by atoms with E-state index in [4.69, 9.17) is 0 Å². The van der Waals surface area contributed by atoms with Crippen LogP contribution in [0, 0.1) is 5.82 Å². The van der Waals surface area contributed by atoms with Gasteiger partial charge in [0.25, 0.3) is 0 Å². The molecule has 3 heterocycles. The molecule has 0 fully saturated rings. The van der Waals surface area contributed by atoms with E-state index in [1.54, 1.807) is 36.8 Å². The van der Waals surface area contributed by atoms with Crippen LogP contribution in [0.15, 0.2) is 85.3 Å². The monoisotopic (exact) mass is 423 g/mol. The number of aromatic nitrogens is 4. The van der Waals surface area contributed by atoms with Crippen LogP contribution in [-0.4, -0.2) is 25.8 Å². The number of halogens is 1. The molecule has 3 aromatic heterocycles. The zero-order valence-corrected chi connectivity index (χ0v) is 16.9. The Bertz CT molecular complexity index is 1400. The van der Waals surface area contributed by atoms with E-state index < -0.39 is 0 Å². The number of pyridine rings is 1. The Balaban J connectivity index is 1.48. The first-order valence-corrected chi connectivity index (χ1v) is 10.1. The Kier molecular flexibility index (Phi) is 5.13. The second-order valence-corrected chi connectivity index (χ2v) is 7.28. The molecule has 0 radical (unpaired) electrons. The molecule has 0 aliphatic carbocycles. The lowest BCUT2D eigenvalue weighted by Crippen LogP contribution is -2.15. The summed E-state index contributed by atoms with van der Waals surface area (Å²) in [7, 11) is 0. The average Bonchev–Trinajstić information content (AvgIpc) is 3.21. The fourth-order valence-corrected chi connectivity index (χ4v) is 3.64. The van der Waals surface area contributed by atoms with Crippen LogP contribution in [0.5, 0.6) is 0 Å². The number of hydrogen-bond acceptors (Lipinski definition) is 4. The second kappa shape index (κ2) is 8.39. The number of benzene rings is 2.